The Morgan fingerprint density at radius 2 is 1.85 bits per heavy atom. The molecule has 0 amide bonds. The Hall–Kier alpha value is -2.09. The van der Waals surface area contributed by atoms with Crippen LogP contribution in [0.2, 0.25) is 0 Å². The lowest BCUT2D eigenvalue weighted by molar-refractivity contribution is -0.397. The predicted octanol–water partition coefficient (Wildman–Crippen LogP) is 2.91. The van der Waals surface area contributed by atoms with Gasteiger partial charge in [-0.15, -0.1) is 23.2 Å². The average Bonchev–Trinajstić information content (AvgIpc) is 3.36. The molecule has 0 aliphatic rings. The number of nitro groups is 2. The van der Waals surface area contributed by atoms with E-state index in [2.05, 4.69) is 9.97 Å². The van der Waals surface area contributed by atoms with Gasteiger partial charge in [-0.3, -0.25) is 9.09 Å². The smallest absolute Gasteiger partial charge is 0.390 e. The maximum atomic E-state index is 12.9. The van der Waals surface area contributed by atoms with Crippen LogP contribution in [0.1, 0.15) is 24.7 Å². The summed E-state index contributed by atoms with van der Waals surface area (Å²) in [4.78, 5) is 29.1. The fourth-order valence-electron chi connectivity index (χ4n) is 3.24. The van der Waals surface area contributed by atoms with E-state index in [0.717, 1.165) is 0 Å². The molecule has 2 aromatic rings. The van der Waals surface area contributed by atoms with Gasteiger partial charge in [0.1, 0.15) is 24.7 Å². The molecule has 0 aliphatic carbocycles. The van der Waals surface area contributed by atoms with E-state index in [1.165, 1.54) is 26.2 Å². The second kappa shape index (κ2) is 12.4. The van der Waals surface area contributed by atoms with E-state index in [-0.39, 0.29) is 62.9 Å². The highest BCUT2D eigenvalue weighted by atomic mass is 35.5. The highest BCUT2D eigenvalue weighted by Gasteiger charge is 2.31. The third kappa shape index (κ3) is 6.95. The van der Waals surface area contributed by atoms with Crippen LogP contribution >= 0.6 is 30.9 Å². The van der Waals surface area contributed by atoms with Crippen molar-refractivity contribution in [3.8, 4) is 0 Å². The minimum absolute atomic E-state index is 0.158. The van der Waals surface area contributed by atoms with E-state index in [0.29, 0.717) is 17.8 Å². The van der Waals surface area contributed by atoms with Gasteiger partial charge in [0, 0.05) is 31.3 Å². The fraction of sp³-hybridized carbons (Fsp3) is 0.625. The summed E-state index contributed by atoms with van der Waals surface area (Å²) in [5, 5.41) is 22.5. The number of alkyl halides is 2. The van der Waals surface area contributed by atoms with Crippen LogP contribution in [0.5, 0.6) is 0 Å². The number of aromatic nitrogens is 4. The van der Waals surface area contributed by atoms with Crippen LogP contribution in [0.25, 0.3) is 0 Å². The van der Waals surface area contributed by atoms with Crippen LogP contribution in [-0.4, -0.2) is 58.5 Å². The zero-order valence-electron chi connectivity index (χ0n) is 17.9. The SMILES string of the molecule is CCn1c([N+](=O)[O-])nc(CCCn2ccnc2[N+](=O)[O-])c1COP(N)(=O)N(CCCl)CCCl. The van der Waals surface area contributed by atoms with Gasteiger partial charge in [0.15, 0.2) is 5.69 Å². The Balaban J connectivity index is 2.23. The standard InChI is InChI=1S/C16H25Cl2N8O6P/c1-2-24-14(12-32-33(19,31)23(9-5-17)10-6-18)13(21-16(24)26(29)30)4-3-8-22-11-7-20-15(22)25(27)28/h7,11H,2-6,8-10,12H2,1H3,(H2,19,31). The molecule has 0 saturated heterocycles. The maximum absolute atomic E-state index is 12.9. The minimum atomic E-state index is -3.78. The van der Waals surface area contributed by atoms with E-state index >= 15 is 0 Å². The first-order chi connectivity index (χ1) is 15.7. The van der Waals surface area contributed by atoms with Crippen molar-refractivity contribution in [2.75, 3.05) is 24.8 Å². The third-order valence-corrected chi connectivity index (χ3v) is 6.78. The number of hydrogen-bond acceptors (Lipinski definition) is 8. The summed E-state index contributed by atoms with van der Waals surface area (Å²) in [6, 6.07) is 0. The molecule has 33 heavy (non-hydrogen) atoms. The molecule has 2 N–H and O–H groups in total. The lowest BCUT2D eigenvalue weighted by atomic mass is 10.2. The second-order valence-corrected chi connectivity index (χ2v) is 9.47. The molecule has 0 radical (unpaired) electrons. The molecule has 2 heterocycles. The van der Waals surface area contributed by atoms with E-state index in [9.17, 15) is 24.8 Å². The van der Waals surface area contributed by atoms with Crippen molar-refractivity contribution in [3.63, 3.8) is 0 Å². The van der Waals surface area contributed by atoms with Gasteiger partial charge < -0.3 is 20.2 Å². The largest absolute Gasteiger partial charge is 0.435 e. The molecule has 2 aromatic heterocycles. The summed E-state index contributed by atoms with van der Waals surface area (Å²) in [5.41, 5.74) is 6.61. The highest BCUT2D eigenvalue weighted by Crippen LogP contribution is 2.43. The molecule has 0 saturated carbocycles. The summed E-state index contributed by atoms with van der Waals surface area (Å²) in [5.74, 6) is -0.368. The number of hydrogen-bond donors (Lipinski definition) is 1. The second-order valence-electron chi connectivity index (χ2n) is 6.76. The van der Waals surface area contributed by atoms with Crippen molar-refractivity contribution < 1.29 is 18.9 Å². The molecular formula is C16H25Cl2N8O6P. The molecule has 184 valence electrons. The molecule has 0 fully saturated rings. The highest BCUT2D eigenvalue weighted by molar-refractivity contribution is 7.53. The first-order valence-electron chi connectivity index (χ1n) is 9.94. The van der Waals surface area contributed by atoms with Gasteiger partial charge in [-0.05, 0) is 23.2 Å². The Kier molecular flexibility index (Phi) is 10.2. The molecule has 2 rings (SSSR count). The number of aryl methyl sites for hydroxylation is 2. The van der Waals surface area contributed by atoms with Crippen molar-refractivity contribution >= 4 is 42.8 Å². The average molecular weight is 527 g/mol. The van der Waals surface area contributed by atoms with Crippen molar-refractivity contribution in [1.29, 1.82) is 0 Å². The van der Waals surface area contributed by atoms with Crippen molar-refractivity contribution in [2.45, 2.75) is 39.5 Å². The number of nitrogens with zero attached hydrogens (tertiary/aromatic N) is 7. The van der Waals surface area contributed by atoms with Gasteiger partial charge in [0.25, 0.3) is 0 Å². The van der Waals surface area contributed by atoms with Gasteiger partial charge >= 0.3 is 19.6 Å². The maximum Gasteiger partial charge on any atom is 0.435 e. The van der Waals surface area contributed by atoms with E-state index < -0.39 is 17.5 Å². The zero-order valence-corrected chi connectivity index (χ0v) is 20.3. The lowest BCUT2D eigenvalue weighted by Crippen LogP contribution is -2.29. The molecule has 0 bridgehead atoms. The molecule has 0 spiro atoms. The summed E-state index contributed by atoms with van der Waals surface area (Å²) in [6.45, 7) is 2.25. The third-order valence-electron chi connectivity index (χ3n) is 4.75. The molecule has 1 atom stereocenters. The number of imidazole rings is 2. The molecular weight excluding hydrogens is 502 g/mol. The first-order valence-corrected chi connectivity index (χ1v) is 12.7. The quantitative estimate of drug-likeness (QED) is 0.157. The van der Waals surface area contributed by atoms with Crippen LogP contribution in [0.4, 0.5) is 11.9 Å². The summed E-state index contributed by atoms with van der Waals surface area (Å²) in [6.07, 6.45) is 3.43. The Morgan fingerprint density at radius 1 is 1.21 bits per heavy atom. The van der Waals surface area contributed by atoms with Crippen LogP contribution < -0.4 is 5.50 Å². The predicted molar refractivity (Wildman–Crippen MR) is 121 cm³/mol. The van der Waals surface area contributed by atoms with Gasteiger partial charge in [-0.1, -0.05) is 9.97 Å². The van der Waals surface area contributed by atoms with Crippen molar-refractivity contribution in [3.05, 3.63) is 44.0 Å². The van der Waals surface area contributed by atoms with Crippen LogP contribution in [0.15, 0.2) is 12.4 Å². The van der Waals surface area contributed by atoms with Gasteiger partial charge in [-0.2, -0.15) is 0 Å². The number of nitrogens with two attached hydrogens (primary N) is 1. The molecule has 0 aromatic carbocycles. The number of rotatable bonds is 15. The number of halogens is 2. The summed E-state index contributed by atoms with van der Waals surface area (Å²) < 4.78 is 22.5. The molecule has 17 heteroatoms. The van der Waals surface area contributed by atoms with E-state index in [4.69, 9.17) is 33.2 Å². The minimum Gasteiger partial charge on any atom is -0.390 e. The van der Waals surface area contributed by atoms with Gasteiger partial charge in [0.2, 0.25) is 0 Å². The van der Waals surface area contributed by atoms with Crippen LogP contribution in [0, 0.1) is 20.2 Å². The van der Waals surface area contributed by atoms with Crippen LogP contribution in [-0.2, 0) is 35.2 Å². The Morgan fingerprint density at radius 3 is 2.39 bits per heavy atom. The Bertz CT molecular complexity index is 1010. The normalized spacial score (nSPS) is 13.4. The molecule has 14 nitrogen and oxygen atoms in total. The van der Waals surface area contributed by atoms with Crippen molar-refractivity contribution in [1.82, 2.24) is 23.8 Å². The Labute approximate surface area is 199 Å². The van der Waals surface area contributed by atoms with E-state index in [1.807, 2.05) is 0 Å². The van der Waals surface area contributed by atoms with Crippen molar-refractivity contribution in [2.24, 2.45) is 5.50 Å². The monoisotopic (exact) mass is 526 g/mol. The molecule has 0 aliphatic heterocycles. The summed E-state index contributed by atoms with van der Waals surface area (Å²) in [7, 11) is -3.78. The van der Waals surface area contributed by atoms with Crippen LogP contribution in [0.3, 0.4) is 0 Å². The summed E-state index contributed by atoms with van der Waals surface area (Å²) >= 11 is 11.5. The van der Waals surface area contributed by atoms with Gasteiger partial charge in [-0.25, -0.2) is 19.3 Å². The fourth-order valence-corrected chi connectivity index (χ4v) is 5.11. The van der Waals surface area contributed by atoms with Gasteiger partial charge in [0.05, 0.1) is 13.1 Å². The molecule has 1 unspecified atom stereocenters. The topological polar surface area (TPSA) is 177 Å². The lowest BCUT2D eigenvalue weighted by Gasteiger charge is -2.26. The van der Waals surface area contributed by atoms with E-state index in [1.54, 1.807) is 6.92 Å². The zero-order chi connectivity index (χ0) is 24.6. The first kappa shape index (κ1) is 27.2.